The third-order valence-electron chi connectivity index (χ3n) is 1.72. The minimum atomic E-state index is -3.94. The van der Waals surface area contributed by atoms with Gasteiger partial charge >= 0.3 is 16.2 Å². The number of carboxylic acid groups (broad SMARTS) is 1. The quantitative estimate of drug-likeness (QED) is 0.761. The molecule has 0 saturated carbocycles. The van der Waals surface area contributed by atoms with Gasteiger partial charge in [0.15, 0.2) is 0 Å². The zero-order chi connectivity index (χ0) is 13.1. The molecule has 0 atom stereocenters. The molecule has 2 N–H and O–H groups in total. The molecule has 0 amide bonds. The average molecular weight is 280 g/mol. The molecule has 0 radical (unpaired) electrons. The Morgan fingerprint density at radius 2 is 2.24 bits per heavy atom. The van der Waals surface area contributed by atoms with Gasteiger partial charge in [-0.25, -0.2) is 4.98 Å². The van der Waals surface area contributed by atoms with Crippen LogP contribution in [0.1, 0.15) is 0 Å². The molecule has 94 valence electrons. The van der Waals surface area contributed by atoms with Crippen LogP contribution in [-0.4, -0.2) is 42.4 Å². The lowest BCUT2D eigenvalue weighted by atomic mass is 10.5. The van der Waals surface area contributed by atoms with E-state index in [1.807, 2.05) is 0 Å². The van der Waals surface area contributed by atoms with E-state index in [2.05, 4.69) is 9.71 Å². The zero-order valence-electron chi connectivity index (χ0n) is 8.79. The molecule has 0 bridgehead atoms. The van der Waals surface area contributed by atoms with Gasteiger partial charge in [-0.3, -0.25) is 9.52 Å². The van der Waals surface area contributed by atoms with Crippen molar-refractivity contribution in [3.8, 4) is 0 Å². The summed E-state index contributed by atoms with van der Waals surface area (Å²) in [6.45, 7) is -0.643. The van der Waals surface area contributed by atoms with Crippen molar-refractivity contribution in [3.63, 3.8) is 0 Å². The number of hydrogen-bond donors (Lipinski definition) is 2. The van der Waals surface area contributed by atoms with Crippen LogP contribution in [0.5, 0.6) is 0 Å². The van der Waals surface area contributed by atoms with E-state index in [-0.39, 0.29) is 11.0 Å². The van der Waals surface area contributed by atoms with E-state index in [4.69, 9.17) is 16.7 Å². The number of pyridine rings is 1. The van der Waals surface area contributed by atoms with Crippen molar-refractivity contribution in [2.24, 2.45) is 0 Å². The van der Waals surface area contributed by atoms with Crippen LogP contribution < -0.4 is 4.72 Å². The van der Waals surface area contributed by atoms with Gasteiger partial charge in [-0.2, -0.15) is 12.7 Å². The highest BCUT2D eigenvalue weighted by atomic mass is 35.5. The molecule has 0 unspecified atom stereocenters. The zero-order valence-corrected chi connectivity index (χ0v) is 10.4. The first-order valence-electron chi connectivity index (χ1n) is 4.39. The van der Waals surface area contributed by atoms with Crippen molar-refractivity contribution in [2.75, 3.05) is 18.3 Å². The number of nitrogens with one attached hydrogen (secondary N) is 1. The van der Waals surface area contributed by atoms with Gasteiger partial charge in [0, 0.05) is 7.05 Å². The number of aliphatic carboxylic acids is 1. The molecule has 17 heavy (non-hydrogen) atoms. The van der Waals surface area contributed by atoms with E-state index < -0.39 is 22.7 Å². The van der Waals surface area contributed by atoms with E-state index >= 15 is 0 Å². The predicted octanol–water partition coefficient (Wildman–Crippen LogP) is 0.408. The standard InChI is InChI=1S/C8H10ClN3O4S/c1-12(5-8(13)14)17(15,16)11-7-4-2-3-6(9)10-7/h2-4H,5H2,1H3,(H,10,11)(H,13,14). The predicted molar refractivity (Wildman–Crippen MR) is 62.1 cm³/mol. The Labute approximate surface area is 103 Å². The fourth-order valence-electron chi connectivity index (χ4n) is 0.951. The maximum atomic E-state index is 11.6. The van der Waals surface area contributed by atoms with Crippen LogP contribution >= 0.6 is 11.6 Å². The van der Waals surface area contributed by atoms with E-state index in [0.29, 0.717) is 4.31 Å². The lowest BCUT2D eigenvalue weighted by molar-refractivity contribution is -0.137. The summed E-state index contributed by atoms with van der Waals surface area (Å²) in [5.74, 6) is -1.23. The third-order valence-corrected chi connectivity index (χ3v) is 3.34. The van der Waals surface area contributed by atoms with E-state index in [0.717, 1.165) is 7.05 Å². The Morgan fingerprint density at radius 1 is 1.59 bits per heavy atom. The van der Waals surface area contributed by atoms with Crippen molar-refractivity contribution in [3.05, 3.63) is 23.4 Å². The number of carboxylic acids is 1. The van der Waals surface area contributed by atoms with Crippen LogP contribution in [0.2, 0.25) is 5.15 Å². The fraction of sp³-hybridized carbons (Fsp3) is 0.250. The summed E-state index contributed by atoms with van der Waals surface area (Å²) < 4.78 is 26.0. The molecule has 0 saturated heterocycles. The highest BCUT2D eigenvalue weighted by molar-refractivity contribution is 7.90. The summed E-state index contributed by atoms with van der Waals surface area (Å²) in [7, 11) is -2.80. The minimum absolute atomic E-state index is 0.0229. The second kappa shape index (κ2) is 5.30. The van der Waals surface area contributed by atoms with Crippen LogP contribution in [0.4, 0.5) is 5.82 Å². The topological polar surface area (TPSA) is 99.6 Å². The van der Waals surface area contributed by atoms with Crippen molar-refractivity contribution < 1.29 is 18.3 Å². The molecule has 0 aliphatic heterocycles. The molecule has 7 nitrogen and oxygen atoms in total. The Kier molecular flexibility index (Phi) is 4.27. The summed E-state index contributed by atoms with van der Waals surface area (Å²) in [5, 5.41) is 8.62. The van der Waals surface area contributed by atoms with Gasteiger partial charge < -0.3 is 5.11 Å². The lowest BCUT2D eigenvalue weighted by Gasteiger charge is -2.15. The number of anilines is 1. The summed E-state index contributed by atoms with van der Waals surface area (Å²) in [6.07, 6.45) is 0. The average Bonchev–Trinajstić information content (AvgIpc) is 2.15. The van der Waals surface area contributed by atoms with Crippen molar-refractivity contribution >= 4 is 33.6 Å². The smallest absolute Gasteiger partial charge is 0.318 e. The fourth-order valence-corrected chi connectivity index (χ4v) is 1.93. The van der Waals surface area contributed by atoms with Gasteiger partial charge in [0.2, 0.25) is 0 Å². The van der Waals surface area contributed by atoms with Gasteiger partial charge in [0.25, 0.3) is 0 Å². The third kappa shape index (κ3) is 4.17. The van der Waals surface area contributed by atoms with Gasteiger partial charge in [0.1, 0.15) is 17.5 Å². The number of carbonyl (C=O) groups is 1. The Balaban J connectivity index is 2.83. The van der Waals surface area contributed by atoms with E-state index in [1.165, 1.54) is 18.2 Å². The molecule has 0 fully saturated rings. The molecular weight excluding hydrogens is 270 g/mol. The number of nitrogens with zero attached hydrogens (tertiary/aromatic N) is 2. The second-order valence-corrected chi connectivity index (χ2v) is 5.27. The van der Waals surface area contributed by atoms with Crippen molar-refractivity contribution in [1.82, 2.24) is 9.29 Å². The van der Waals surface area contributed by atoms with Crippen molar-refractivity contribution in [1.29, 1.82) is 0 Å². The number of hydrogen-bond acceptors (Lipinski definition) is 4. The monoisotopic (exact) mass is 279 g/mol. The highest BCUT2D eigenvalue weighted by Crippen LogP contribution is 2.11. The highest BCUT2D eigenvalue weighted by Gasteiger charge is 2.20. The van der Waals surface area contributed by atoms with Crippen LogP contribution in [-0.2, 0) is 15.0 Å². The largest absolute Gasteiger partial charge is 0.480 e. The second-order valence-electron chi connectivity index (χ2n) is 3.10. The Hall–Kier alpha value is -1.38. The van der Waals surface area contributed by atoms with Crippen LogP contribution in [0.25, 0.3) is 0 Å². The van der Waals surface area contributed by atoms with Gasteiger partial charge in [-0.1, -0.05) is 17.7 Å². The molecule has 1 heterocycles. The molecule has 0 aromatic carbocycles. The van der Waals surface area contributed by atoms with Crippen LogP contribution in [0.3, 0.4) is 0 Å². The van der Waals surface area contributed by atoms with E-state index in [9.17, 15) is 13.2 Å². The first-order valence-corrected chi connectivity index (χ1v) is 6.21. The number of likely N-dealkylation sites (N-methyl/N-ethyl adjacent to an activating group) is 1. The lowest BCUT2D eigenvalue weighted by Crippen LogP contribution is -2.36. The Bertz CT molecular complexity index is 519. The van der Waals surface area contributed by atoms with Crippen LogP contribution in [0.15, 0.2) is 18.2 Å². The van der Waals surface area contributed by atoms with Gasteiger partial charge in [0.05, 0.1) is 0 Å². The molecule has 1 aromatic rings. The first-order chi connectivity index (χ1) is 7.81. The summed E-state index contributed by atoms with van der Waals surface area (Å²) in [4.78, 5) is 14.1. The SMILES string of the molecule is CN(CC(=O)O)S(=O)(=O)Nc1cccc(Cl)n1. The molecule has 0 spiro atoms. The minimum Gasteiger partial charge on any atom is -0.480 e. The Morgan fingerprint density at radius 3 is 2.76 bits per heavy atom. The maximum absolute atomic E-state index is 11.6. The van der Waals surface area contributed by atoms with Gasteiger partial charge in [-0.05, 0) is 12.1 Å². The molecule has 1 aromatic heterocycles. The van der Waals surface area contributed by atoms with Gasteiger partial charge in [-0.15, -0.1) is 0 Å². The number of halogens is 1. The molecule has 0 aliphatic carbocycles. The summed E-state index contributed by atoms with van der Waals surface area (Å²) >= 11 is 5.58. The molecular formula is C8H10ClN3O4S. The maximum Gasteiger partial charge on any atom is 0.318 e. The molecule has 1 rings (SSSR count). The summed E-state index contributed by atoms with van der Waals surface area (Å²) in [6, 6.07) is 4.41. The number of rotatable bonds is 5. The molecule has 9 heteroatoms. The normalized spacial score (nSPS) is 11.5. The van der Waals surface area contributed by atoms with Crippen molar-refractivity contribution in [2.45, 2.75) is 0 Å². The first kappa shape index (κ1) is 13.7. The number of aromatic nitrogens is 1. The van der Waals surface area contributed by atoms with E-state index in [1.54, 1.807) is 0 Å². The summed E-state index contributed by atoms with van der Waals surface area (Å²) in [5.41, 5.74) is 0. The molecule has 0 aliphatic rings. The van der Waals surface area contributed by atoms with Crippen LogP contribution in [0, 0.1) is 0 Å².